The number of thioether (sulfide) groups is 1. The predicted molar refractivity (Wildman–Crippen MR) is 98.2 cm³/mol. The van der Waals surface area contributed by atoms with Crippen molar-refractivity contribution in [3.63, 3.8) is 0 Å². The van der Waals surface area contributed by atoms with E-state index in [2.05, 4.69) is 53.0 Å². The first kappa shape index (κ1) is 18.5. The molecule has 2 aromatic rings. The van der Waals surface area contributed by atoms with Gasteiger partial charge in [-0.2, -0.15) is 0 Å². The Hall–Kier alpha value is -1.82. The number of hydrogen-bond acceptors (Lipinski definition) is 4. The molecule has 1 heterocycles. The number of benzene rings is 1. The number of rotatable bonds is 9. The van der Waals surface area contributed by atoms with Crippen molar-refractivity contribution < 1.29 is 4.79 Å². The predicted octanol–water partition coefficient (Wildman–Crippen LogP) is 3.29. The molecule has 5 nitrogen and oxygen atoms in total. The number of carbonyl (C=O) groups is 1. The van der Waals surface area contributed by atoms with Crippen molar-refractivity contribution in [1.29, 1.82) is 0 Å². The number of nitrogens with one attached hydrogen (secondary N) is 1. The standard InChI is InChI=1S/C18H26N4OS/c1-4-15(5-2)19-17(23)13-24-18-21-20-16(22(18)6-3)12-14-10-8-7-9-11-14/h7-11,15H,4-6,12-13H2,1-3H3,(H,19,23). The van der Waals surface area contributed by atoms with E-state index in [1.165, 1.54) is 17.3 Å². The van der Waals surface area contributed by atoms with Gasteiger partial charge in [-0.15, -0.1) is 10.2 Å². The second-order valence-corrected chi connectivity index (χ2v) is 6.62. The Morgan fingerprint density at radius 2 is 1.88 bits per heavy atom. The maximum atomic E-state index is 12.1. The fourth-order valence-corrected chi connectivity index (χ4v) is 3.38. The molecule has 6 heteroatoms. The summed E-state index contributed by atoms with van der Waals surface area (Å²) in [5.41, 5.74) is 1.21. The summed E-state index contributed by atoms with van der Waals surface area (Å²) in [5, 5.41) is 12.4. The van der Waals surface area contributed by atoms with Crippen LogP contribution in [0.3, 0.4) is 0 Å². The Morgan fingerprint density at radius 3 is 2.50 bits per heavy atom. The second-order valence-electron chi connectivity index (χ2n) is 5.68. The van der Waals surface area contributed by atoms with Crippen molar-refractivity contribution in [2.45, 2.75) is 57.8 Å². The van der Waals surface area contributed by atoms with Gasteiger partial charge in [0.25, 0.3) is 0 Å². The van der Waals surface area contributed by atoms with Crippen LogP contribution in [-0.2, 0) is 17.8 Å². The lowest BCUT2D eigenvalue weighted by Crippen LogP contribution is -2.35. The molecular weight excluding hydrogens is 320 g/mol. The molecule has 0 aliphatic heterocycles. The van der Waals surface area contributed by atoms with E-state index in [1.807, 2.05) is 18.2 Å². The van der Waals surface area contributed by atoms with Gasteiger partial charge in [0.1, 0.15) is 5.82 Å². The Bertz CT molecular complexity index is 638. The van der Waals surface area contributed by atoms with Gasteiger partial charge in [-0.25, -0.2) is 0 Å². The first-order valence-corrected chi connectivity index (χ1v) is 9.54. The van der Waals surface area contributed by atoms with Crippen LogP contribution in [0.15, 0.2) is 35.5 Å². The number of amides is 1. The number of aromatic nitrogens is 3. The summed E-state index contributed by atoms with van der Waals surface area (Å²) >= 11 is 1.45. The Balaban J connectivity index is 1.97. The third-order valence-electron chi connectivity index (χ3n) is 4.00. The van der Waals surface area contributed by atoms with E-state index in [0.29, 0.717) is 5.75 Å². The van der Waals surface area contributed by atoms with Crippen LogP contribution < -0.4 is 5.32 Å². The maximum Gasteiger partial charge on any atom is 0.230 e. The number of nitrogens with zero attached hydrogens (tertiary/aromatic N) is 3. The normalized spacial score (nSPS) is 11.0. The molecule has 0 spiro atoms. The van der Waals surface area contributed by atoms with Gasteiger partial charge in [0.05, 0.1) is 5.75 Å². The summed E-state index contributed by atoms with van der Waals surface area (Å²) in [4.78, 5) is 12.1. The van der Waals surface area contributed by atoms with Crippen LogP contribution in [-0.4, -0.2) is 32.5 Å². The first-order chi connectivity index (χ1) is 11.7. The number of carbonyl (C=O) groups excluding carboxylic acids is 1. The van der Waals surface area contributed by atoms with Gasteiger partial charge in [-0.05, 0) is 25.3 Å². The topological polar surface area (TPSA) is 59.8 Å². The summed E-state index contributed by atoms with van der Waals surface area (Å²) in [6.45, 7) is 7.05. The Kier molecular flexibility index (Phi) is 7.31. The summed E-state index contributed by atoms with van der Waals surface area (Å²) in [5.74, 6) is 1.37. The van der Waals surface area contributed by atoms with Gasteiger partial charge in [-0.3, -0.25) is 4.79 Å². The fraction of sp³-hybridized carbons (Fsp3) is 0.500. The summed E-state index contributed by atoms with van der Waals surface area (Å²) in [6, 6.07) is 10.5. The van der Waals surface area contributed by atoms with Crippen molar-refractivity contribution in [1.82, 2.24) is 20.1 Å². The van der Waals surface area contributed by atoms with Crippen LogP contribution in [0, 0.1) is 0 Å². The molecule has 0 saturated carbocycles. The molecule has 1 aromatic heterocycles. The molecule has 0 fully saturated rings. The molecule has 0 aliphatic carbocycles. The van der Waals surface area contributed by atoms with Crippen LogP contribution in [0.4, 0.5) is 0 Å². The van der Waals surface area contributed by atoms with E-state index < -0.39 is 0 Å². The lowest BCUT2D eigenvalue weighted by molar-refractivity contribution is -0.119. The van der Waals surface area contributed by atoms with E-state index >= 15 is 0 Å². The smallest absolute Gasteiger partial charge is 0.230 e. The van der Waals surface area contributed by atoms with Gasteiger partial charge in [0.15, 0.2) is 5.16 Å². The highest BCUT2D eigenvalue weighted by molar-refractivity contribution is 7.99. The minimum Gasteiger partial charge on any atom is -0.353 e. The van der Waals surface area contributed by atoms with Gasteiger partial charge in [-0.1, -0.05) is 55.9 Å². The van der Waals surface area contributed by atoms with E-state index in [-0.39, 0.29) is 11.9 Å². The van der Waals surface area contributed by atoms with Crippen molar-refractivity contribution in [3.05, 3.63) is 41.7 Å². The van der Waals surface area contributed by atoms with Crippen LogP contribution in [0.25, 0.3) is 0 Å². The highest BCUT2D eigenvalue weighted by Gasteiger charge is 2.14. The summed E-state index contributed by atoms with van der Waals surface area (Å²) < 4.78 is 2.09. The fourth-order valence-electron chi connectivity index (χ4n) is 2.54. The van der Waals surface area contributed by atoms with Crippen molar-refractivity contribution in [2.75, 3.05) is 5.75 Å². The highest BCUT2D eigenvalue weighted by Crippen LogP contribution is 2.18. The zero-order valence-electron chi connectivity index (χ0n) is 14.7. The molecule has 1 aromatic carbocycles. The van der Waals surface area contributed by atoms with Gasteiger partial charge in [0, 0.05) is 19.0 Å². The monoisotopic (exact) mass is 346 g/mol. The van der Waals surface area contributed by atoms with E-state index in [1.54, 1.807) is 0 Å². The average molecular weight is 347 g/mol. The lowest BCUT2D eigenvalue weighted by atomic mass is 10.1. The van der Waals surface area contributed by atoms with E-state index in [9.17, 15) is 4.79 Å². The highest BCUT2D eigenvalue weighted by atomic mass is 32.2. The molecule has 0 atom stereocenters. The summed E-state index contributed by atoms with van der Waals surface area (Å²) in [6.07, 6.45) is 2.67. The molecule has 0 aliphatic rings. The quantitative estimate of drug-likeness (QED) is 0.708. The third kappa shape index (κ3) is 5.09. The van der Waals surface area contributed by atoms with Crippen molar-refractivity contribution in [2.24, 2.45) is 0 Å². The van der Waals surface area contributed by atoms with Crippen LogP contribution >= 0.6 is 11.8 Å². The minimum atomic E-state index is 0.0592. The molecule has 1 N–H and O–H groups in total. The first-order valence-electron chi connectivity index (χ1n) is 8.56. The molecule has 2 rings (SSSR count). The molecule has 1 amide bonds. The van der Waals surface area contributed by atoms with Gasteiger partial charge in [0.2, 0.25) is 5.91 Å². The zero-order valence-corrected chi connectivity index (χ0v) is 15.5. The summed E-state index contributed by atoms with van der Waals surface area (Å²) in [7, 11) is 0. The van der Waals surface area contributed by atoms with Gasteiger partial charge < -0.3 is 9.88 Å². The zero-order chi connectivity index (χ0) is 17.4. The Labute approximate surface area is 148 Å². The lowest BCUT2D eigenvalue weighted by Gasteiger charge is -2.14. The van der Waals surface area contributed by atoms with Gasteiger partial charge >= 0.3 is 0 Å². The molecule has 130 valence electrons. The molecule has 0 unspecified atom stereocenters. The average Bonchev–Trinajstić information content (AvgIpc) is 3.00. The number of hydrogen-bond donors (Lipinski definition) is 1. The molecule has 0 saturated heterocycles. The Morgan fingerprint density at radius 1 is 1.17 bits per heavy atom. The minimum absolute atomic E-state index is 0.0592. The molecular formula is C18H26N4OS. The maximum absolute atomic E-state index is 12.1. The molecule has 0 radical (unpaired) electrons. The molecule has 24 heavy (non-hydrogen) atoms. The van der Waals surface area contributed by atoms with Crippen molar-refractivity contribution in [3.8, 4) is 0 Å². The van der Waals surface area contributed by atoms with E-state index in [0.717, 1.165) is 36.8 Å². The third-order valence-corrected chi connectivity index (χ3v) is 4.96. The van der Waals surface area contributed by atoms with Crippen molar-refractivity contribution >= 4 is 17.7 Å². The van der Waals surface area contributed by atoms with Crippen LogP contribution in [0.5, 0.6) is 0 Å². The molecule has 0 bridgehead atoms. The second kappa shape index (κ2) is 9.47. The van der Waals surface area contributed by atoms with Crippen LogP contribution in [0.1, 0.15) is 45.0 Å². The van der Waals surface area contributed by atoms with Crippen LogP contribution in [0.2, 0.25) is 0 Å². The SMILES string of the molecule is CCC(CC)NC(=O)CSc1nnc(Cc2ccccc2)n1CC. The largest absolute Gasteiger partial charge is 0.353 e. The van der Waals surface area contributed by atoms with E-state index in [4.69, 9.17) is 0 Å².